The van der Waals surface area contributed by atoms with Crippen molar-refractivity contribution in [1.29, 1.82) is 0 Å². The lowest BCUT2D eigenvalue weighted by Crippen LogP contribution is -2.52. The summed E-state index contributed by atoms with van der Waals surface area (Å²) in [5, 5.41) is 0. The average molecular weight is 259 g/mol. The minimum Gasteiger partial charge on any atom is -0.399 e. The summed E-state index contributed by atoms with van der Waals surface area (Å²) in [6.07, 6.45) is 0. The average Bonchev–Trinajstić information content (AvgIpc) is 2.81. The lowest BCUT2D eigenvalue weighted by atomic mass is 10.2. The first-order valence-corrected chi connectivity index (χ1v) is 6.91. The number of nitrogen functional groups attached to an aromatic ring is 1. The number of fused-ring (bicyclic) bond motifs is 1. The van der Waals surface area contributed by atoms with Gasteiger partial charge in [0.05, 0.1) is 11.0 Å². The smallest absolute Gasteiger partial charge is 0.203 e. The normalized spacial score (nSPS) is 21.2. The lowest BCUT2D eigenvalue weighted by molar-refractivity contribution is 0.198. The molecule has 0 spiro atoms. The highest BCUT2D eigenvalue weighted by Gasteiger charge is 2.24. The van der Waals surface area contributed by atoms with Crippen LogP contribution < -0.4 is 10.6 Å². The maximum atomic E-state index is 5.80. The van der Waals surface area contributed by atoms with Gasteiger partial charge in [-0.1, -0.05) is 6.92 Å². The van der Waals surface area contributed by atoms with Gasteiger partial charge in [-0.3, -0.25) is 4.90 Å². The van der Waals surface area contributed by atoms with Crippen molar-refractivity contribution in [2.45, 2.75) is 19.9 Å². The SMILES string of the molecule is CCN1CCN(c2nc3ccc(N)cc3[nH]2)CC1C. The third-order valence-corrected chi connectivity index (χ3v) is 3.96. The zero-order valence-electron chi connectivity index (χ0n) is 11.6. The summed E-state index contributed by atoms with van der Waals surface area (Å²) >= 11 is 0. The second-order valence-electron chi connectivity index (χ2n) is 5.26. The van der Waals surface area contributed by atoms with Crippen molar-refractivity contribution in [2.75, 3.05) is 36.8 Å². The molecule has 102 valence electrons. The minimum atomic E-state index is 0.567. The number of aromatic nitrogens is 2. The molecule has 3 N–H and O–H groups in total. The van der Waals surface area contributed by atoms with Gasteiger partial charge in [-0.15, -0.1) is 0 Å². The third-order valence-electron chi connectivity index (χ3n) is 3.96. The largest absolute Gasteiger partial charge is 0.399 e. The van der Waals surface area contributed by atoms with Crippen LogP contribution in [0.1, 0.15) is 13.8 Å². The quantitative estimate of drug-likeness (QED) is 0.806. The molecule has 1 atom stereocenters. The fourth-order valence-electron chi connectivity index (χ4n) is 2.82. The number of benzene rings is 1. The standard InChI is InChI=1S/C14H21N5/c1-3-18-6-7-19(9-10(18)2)14-16-12-5-4-11(15)8-13(12)17-14/h4-5,8,10H,3,6-7,9,15H2,1-2H3,(H,16,17). The summed E-state index contributed by atoms with van der Waals surface area (Å²) in [6.45, 7) is 8.74. The molecule has 0 aliphatic carbocycles. The monoisotopic (exact) mass is 259 g/mol. The first-order chi connectivity index (χ1) is 9.17. The maximum absolute atomic E-state index is 5.80. The predicted octanol–water partition coefficient (Wildman–Crippen LogP) is 1.68. The molecule has 2 aromatic rings. The van der Waals surface area contributed by atoms with Gasteiger partial charge >= 0.3 is 0 Å². The van der Waals surface area contributed by atoms with Crippen LogP contribution in [0.3, 0.4) is 0 Å². The van der Waals surface area contributed by atoms with Gasteiger partial charge in [0.1, 0.15) is 0 Å². The Bertz CT molecular complexity index is 576. The number of nitrogens with zero attached hydrogens (tertiary/aromatic N) is 3. The van der Waals surface area contributed by atoms with Gasteiger partial charge in [0.25, 0.3) is 0 Å². The molecule has 5 nitrogen and oxygen atoms in total. The second-order valence-corrected chi connectivity index (χ2v) is 5.26. The molecule has 1 saturated heterocycles. The molecule has 19 heavy (non-hydrogen) atoms. The summed E-state index contributed by atoms with van der Waals surface area (Å²) in [4.78, 5) is 12.9. The number of H-pyrrole nitrogens is 1. The number of hydrogen-bond donors (Lipinski definition) is 2. The van der Waals surface area contributed by atoms with Crippen LogP contribution >= 0.6 is 0 Å². The Morgan fingerprint density at radius 1 is 1.42 bits per heavy atom. The number of rotatable bonds is 2. The molecule has 0 bridgehead atoms. The van der Waals surface area contributed by atoms with E-state index >= 15 is 0 Å². The summed E-state index contributed by atoms with van der Waals surface area (Å²) in [7, 11) is 0. The van der Waals surface area contributed by atoms with Gasteiger partial charge in [-0.2, -0.15) is 0 Å². The highest BCUT2D eigenvalue weighted by Crippen LogP contribution is 2.21. The Kier molecular flexibility index (Phi) is 3.06. The number of nitrogens with one attached hydrogen (secondary N) is 1. The number of anilines is 2. The van der Waals surface area contributed by atoms with Crippen LogP contribution in [0.15, 0.2) is 18.2 Å². The molecule has 5 heteroatoms. The number of nitrogens with two attached hydrogens (primary N) is 1. The lowest BCUT2D eigenvalue weighted by Gasteiger charge is -2.39. The van der Waals surface area contributed by atoms with Crippen LogP contribution in [0.4, 0.5) is 11.6 Å². The summed E-state index contributed by atoms with van der Waals surface area (Å²) in [5.74, 6) is 0.961. The molecule has 0 amide bonds. The second kappa shape index (κ2) is 4.74. The molecule has 1 aromatic carbocycles. The molecular weight excluding hydrogens is 238 g/mol. The number of hydrogen-bond acceptors (Lipinski definition) is 4. The van der Waals surface area contributed by atoms with Crippen molar-refractivity contribution < 1.29 is 0 Å². The van der Waals surface area contributed by atoms with E-state index in [0.29, 0.717) is 6.04 Å². The fourth-order valence-corrected chi connectivity index (χ4v) is 2.82. The van der Waals surface area contributed by atoms with Crippen LogP contribution in [0.25, 0.3) is 11.0 Å². The number of piperazine rings is 1. The third kappa shape index (κ3) is 2.26. The van der Waals surface area contributed by atoms with E-state index in [4.69, 9.17) is 5.73 Å². The number of likely N-dealkylation sites (N-methyl/N-ethyl adjacent to an activating group) is 1. The zero-order chi connectivity index (χ0) is 13.4. The van der Waals surface area contributed by atoms with Gasteiger partial charge in [0.15, 0.2) is 0 Å². The molecule has 1 aliphatic rings. The van der Waals surface area contributed by atoms with E-state index in [1.807, 2.05) is 18.2 Å². The Morgan fingerprint density at radius 2 is 2.26 bits per heavy atom. The Balaban J connectivity index is 1.84. The summed E-state index contributed by atoms with van der Waals surface area (Å²) in [6, 6.07) is 6.37. The van der Waals surface area contributed by atoms with E-state index in [-0.39, 0.29) is 0 Å². The van der Waals surface area contributed by atoms with Crippen LogP contribution in [-0.4, -0.2) is 47.1 Å². The Labute approximate surface area is 113 Å². The molecule has 0 radical (unpaired) electrons. The first-order valence-electron chi connectivity index (χ1n) is 6.91. The van der Waals surface area contributed by atoms with E-state index < -0.39 is 0 Å². The van der Waals surface area contributed by atoms with Gasteiger partial charge in [-0.05, 0) is 31.7 Å². The van der Waals surface area contributed by atoms with Crippen molar-refractivity contribution in [1.82, 2.24) is 14.9 Å². The van der Waals surface area contributed by atoms with E-state index in [1.54, 1.807) is 0 Å². The minimum absolute atomic E-state index is 0.567. The van der Waals surface area contributed by atoms with Crippen molar-refractivity contribution in [2.24, 2.45) is 0 Å². The van der Waals surface area contributed by atoms with E-state index in [1.165, 1.54) is 0 Å². The first kappa shape index (κ1) is 12.3. The highest BCUT2D eigenvalue weighted by molar-refractivity contribution is 5.80. The summed E-state index contributed by atoms with van der Waals surface area (Å²) in [5.41, 5.74) is 8.57. The Morgan fingerprint density at radius 3 is 3.00 bits per heavy atom. The van der Waals surface area contributed by atoms with Crippen LogP contribution in [0.2, 0.25) is 0 Å². The summed E-state index contributed by atoms with van der Waals surface area (Å²) < 4.78 is 0. The molecule has 1 aliphatic heterocycles. The number of imidazole rings is 1. The van der Waals surface area contributed by atoms with Crippen molar-refractivity contribution in [3.63, 3.8) is 0 Å². The fraction of sp³-hybridized carbons (Fsp3) is 0.500. The number of aromatic amines is 1. The predicted molar refractivity (Wildman–Crippen MR) is 79.4 cm³/mol. The molecule has 0 saturated carbocycles. The molecule has 1 aromatic heterocycles. The highest BCUT2D eigenvalue weighted by atomic mass is 15.3. The van der Waals surface area contributed by atoms with E-state index in [0.717, 1.165) is 48.8 Å². The Hall–Kier alpha value is -1.75. The van der Waals surface area contributed by atoms with Crippen molar-refractivity contribution in [3.05, 3.63) is 18.2 Å². The van der Waals surface area contributed by atoms with Crippen molar-refractivity contribution >= 4 is 22.7 Å². The van der Waals surface area contributed by atoms with Crippen molar-refractivity contribution in [3.8, 4) is 0 Å². The molecular formula is C14H21N5. The van der Waals surface area contributed by atoms with Crippen LogP contribution in [0, 0.1) is 0 Å². The van der Waals surface area contributed by atoms with Gasteiger partial charge in [-0.25, -0.2) is 4.98 Å². The molecule has 1 unspecified atom stereocenters. The zero-order valence-corrected chi connectivity index (χ0v) is 11.6. The van der Waals surface area contributed by atoms with Gasteiger partial charge < -0.3 is 15.6 Å². The van der Waals surface area contributed by atoms with E-state index in [9.17, 15) is 0 Å². The van der Waals surface area contributed by atoms with Crippen LogP contribution in [0.5, 0.6) is 0 Å². The van der Waals surface area contributed by atoms with Gasteiger partial charge in [0.2, 0.25) is 5.95 Å². The molecule has 1 fully saturated rings. The maximum Gasteiger partial charge on any atom is 0.203 e. The topological polar surface area (TPSA) is 61.2 Å². The van der Waals surface area contributed by atoms with E-state index in [2.05, 4.69) is 33.6 Å². The molecule has 2 heterocycles. The van der Waals surface area contributed by atoms with Crippen LogP contribution in [-0.2, 0) is 0 Å². The van der Waals surface area contributed by atoms with Gasteiger partial charge in [0, 0.05) is 31.4 Å². The molecule has 3 rings (SSSR count).